The van der Waals surface area contributed by atoms with Gasteiger partial charge in [-0.15, -0.1) is 0 Å². The Balaban J connectivity index is 1.69. The van der Waals surface area contributed by atoms with Gasteiger partial charge in [0.25, 0.3) is 0 Å². The Labute approximate surface area is 182 Å². The number of Topliss-reactive ketones (excluding diaryl/α,β-unsaturated/α-hetero) is 1. The van der Waals surface area contributed by atoms with Crippen LogP contribution in [0.5, 0.6) is 0 Å². The lowest BCUT2D eigenvalue weighted by Gasteiger charge is -2.09. The van der Waals surface area contributed by atoms with Crippen LogP contribution in [0.4, 0.5) is 0 Å². The lowest BCUT2D eigenvalue weighted by molar-refractivity contribution is 0.0473. The average Bonchev–Trinajstić information content (AvgIpc) is 3.19. The molecule has 3 aromatic rings. The Hall–Kier alpha value is -3.19. The summed E-state index contributed by atoms with van der Waals surface area (Å²) in [5, 5.41) is 4.49. The first-order valence-corrected chi connectivity index (χ1v) is 10.3. The molecule has 0 radical (unpaired) electrons. The summed E-state index contributed by atoms with van der Waals surface area (Å²) in [7, 11) is 1.64. The molecule has 0 saturated heterocycles. The van der Waals surface area contributed by atoms with Gasteiger partial charge in [0.1, 0.15) is 5.56 Å². The standard InChI is InChI=1S/C24H29N3O4/c1-16-13-21(18(3)26(16)11-12-30-5)22(28)15-31-24(29)23-17(2)25-27(19(23)4)14-20-9-7-6-8-10-20/h6-10,13H,11-12,14-15H2,1-5H3. The molecule has 164 valence electrons. The van der Waals surface area contributed by atoms with Gasteiger partial charge in [-0.25, -0.2) is 4.79 Å². The number of aryl methyl sites for hydroxylation is 2. The third-order valence-corrected chi connectivity index (χ3v) is 5.49. The Morgan fingerprint density at radius 3 is 2.42 bits per heavy atom. The highest BCUT2D eigenvalue weighted by atomic mass is 16.5. The van der Waals surface area contributed by atoms with Crippen molar-refractivity contribution in [1.29, 1.82) is 0 Å². The molecule has 1 aromatic carbocycles. The van der Waals surface area contributed by atoms with Crippen molar-refractivity contribution in [2.24, 2.45) is 0 Å². The zero-order valence-corrected chi connectivity index (χ0v) is 18.8. The molecule has 0 aliphatic rings. The van der Waals surface area contributed by atoms with Crippen molar-refractivity contribution < 1.29 is 19.1 Å². The summed E-state index contributed by atoms with van der Waals surface area (Å²) < 4.78 is 14.3. The van der Waals surface area contributed by atoms with E-state index in [-0.39, 0.29) is 12.4 Å². The third-order valence-electron chi connectivity index (χ3n) is 5.49. The van der Waals surface area contributed by atoms with Crippen molar-refractivity contribution in [3.63, 3.8) is 0 Å². The number of ether oxygens (including phenoxy) is 2. The summed E-state index contributed by atoms with van der Waals surface area (Å²) in [6, 6.07) is 11.7. The predicted octanol–water partition coefficient (Wildman–Crippen LogP) is 3.65. The van der Waals surface area contributed by atoms with Crippen molar-refractivity contribution in [3.8, 4) is 0 Å². The number of aromatic nitrogens is 3. The fraction of sp³-hybridized carbons (Fsp3) is 0.375. The highest BCUT2D eigenvalue weighted by molar-refractivity contribution is 6.00. The molecular weight excluding hydrogens is 394 g/mol. The van der Waals surface area contributed by atoms with E-state index in [4.69, 9.17) is 9.47 Å². The molecule has 7 nitrogen and oxygen atoms in total. The number of hydrogen-bond acceptors (Lipinski definition) is 5. The van der Waals surface area contributed by atoms with Crippen LogP contribution in [0.2, 0.25) is 0 Å². The predicted molar refractivity (Wildman–Crippen MR) is 118 cm³/mol. The van der Waals surface area contributed by atoms with E-state index in [1.807, 2.05) is 61.7 Å². The number of nitrogens with zero attached hydrogens (tertiary/aromatic N) is 3. The van der Waals surface area contributed by atoms with Crippen LogP contribution in [-0.4, -0.2) is 46.4 Å². The zero-order chi connectivity index (χ0) is 22.5. The zero-order valence-electron chi connectivity index (χ0n) is 18.8. The summed E-state index contributed by atoms with van der Waals surface area (Å²) in [6.45, 7) is 8.92. The fourth-order valence-corrected chi connectivity index (χ4v) is 3.79. The molecular formula is C24H29N3O4. The monoisotopic (exact) mass is 423 g/mol. The molecule has 2 heterocycles. The number of benzene rings is 1. The van der Waals surface area contributed by atoms with E-state index < -0.39 is 5.97 Å². The number of carbonyl (C=O) groups excluding carboxylic acids is 2. The summed E-state index contributed by atoms with van der Waals surface area (Å²) >= 11 is 0. The molecule has 0 fully saturated rings. The number of esters is 1. The number of hydrogen-bond donors (Lipinski definition) is 0. The molecule has 0 saturated carbocycles. The molecule has 0 amide bonds. The number of methoxy groups -OCH3 is 1. The maximum absolute atomic E-state index is 12.7. The average molecular weight is 424 g/mol. The molecule has 0 atom stereocenters. The minimum atomic E-state index is -0.532. The van der Waals surface area contributed by atoms with Crippen LogP contribution in [0, 0.1) is 27.7 Å². The first-order chi connectivity index (χ1) is 14.8. The lowest BCUT2D eigenvalue weighted by Crippen LogP contribution is -2.16. The van der Waals surface area contributed by atoms with Crippen LogP contribution in [0.25, 0.3) is 0 Å². The maximum atomic E-state index is 12.7. The second-order valence-electron chi connectivity index (χ2n) is 7.62. The second-order valence-corrected chi connectivity index (χ2v) is 7.62. The van der Waals surface area contributed by atoms with Crippen LogP contribution in [0.15, 0.2) is 36.4 Å². The molecule has 0 unspecified atom stereocenters. The van der Waals surface area contributed by atoms with Crippen molar-refractivity contribution in [3.05, 3.63) is 75.9 Å². The Bertz CT molecular complexity index is 1080. The van der Waals surface area contributed by atoms with Crippen LogP contribution >= 0.6 is 0 Å². The van der Waals surface area contributed by atoms with Crippen molar-refractivity contribution >= 4 is 11.8 Å². The summed E-state index contributed by atoms with van der Waals surface area (Å²) in [6.07, 6.45) is 0. The number of carbonyl (C=O) groups is 2. The number of rotatable bonds is 9. The third kappa shape index (κ3) is 4.94. The van der Waals surface area contributed by atoms with Gasteiger partial charge in [-0.2, -0.15) is 5.10 Å². The van der Waals surface area contributed by atoms with Gasteiger partial charge in [0.2, 0.25) is 5.78 Å². The largest absolute Gasteiger partial charge is 0.454 e. The molecule has 3 rings (SSSR count). The molecule has 0 aliphatic heterocycles. The van der Waals surface area contributed by atoms with Crippen LogP contribution in [-0.2, 0) is 22.6 Å². The Kier molecular flexibility index (Phi) is 7.07. The Morgan fingerprint density at radius 1 is 1.03 bits per heavy atom. The van der Waals surface area contributed by atoms with Crippen molar-refractivity contribution in [2.45, 2.75) is 40.8 Å². The fourth-order valence-electron chi connectivity index (χ4n) is 3.79. The van der Waals surface area contributed by atoms with E-state index >= 15 is 0 Å². The molecule has 0 spiro atoms. The quantitative estimate of drug-likeness (QED) is 0.388. The van der Waals surface area contributed by atoms with Gasteiger partial charge in [0, 0.05) is 30.6 Å². The molecule has 31 heavy (non-hydrogen) atoms. The number of ketones is 1. The van der Waals surface area contributed by atoms with Gasteiger partial charge in [-0.3, -0.25) is 9.48 Å². The first kappa shape index (κ1) is 22.5. The summed E-state index contributed by atoms with van der Waals surface area (Å²) in [5.41, 5.74) is 5.19. The van der Waals surface area contributed by atoms with Gasteiger partial charge in [-0.1, -0.05) is 30.3 Å². The molecule has 2 aromatic heterocycles. The lowest BCUT2D eigenvalue weighted by atomic mass is 10.1. The van der Waals surface area contributed by atoms with E-state index in [2.05, 4.69) is 5.10 Å². The maximum Gasteiger partial charge on any atom is 0.342 e. The van der Waals surface area contributed by atoms with Gasteiger partial charge in [-0.05, 0) is 39.3 Å². The van der Waals surface area contributed by atoms with E-state index in [9.17, 15) is 9.59 Å². The van der Waals surface area contributed by atoms with E-state index in [0.29, 0.717) is 36.5 Å². The minimum Gasteiger partial charge on any atom is -0.454 e. The van der Waals surface area contributed by atoms with Crippen LogP contribution in [0.3, 0.4) is 0 Å². The molecule has 7 heteroatoms. The van der Waals surface area contributed by atoms with E-state index in [1.54, 1.807) is 18.7 Å². The van der Waals surface area contributed by atoms with Crippen molar-refractivity contribution in [2.75, 3.05) is 20.3 Å². The first-order valence-electron chi connectivity index (χ1n) is 10.3. The van der Waals surface area contributed by atoms with Gasteiger partial charge in [0.05, 0.1) is 24.5 Å². The summed E-state index contributed by atoms with van der Waals surface area (Å²) in [5.74, 6) is -0.757. The SMILES string of the molecule is COCCn1c(C)cc(C(=O)COC(=O)c2c(C)nn(Cc3ccccc3)c2C)c1C. The normalized spacial score (nSPS) is 11.0. The highest BCUT2D eigenvalue weighted by Crippen LogP contribution is 2.18. The second kappa shape index (κ2) is 9.75. The smallest absolute Gasteiger partial charge is 0.342 e. The van der Waals surface area contributed by atoms with Gasteiger partial charge < -0.3 is 14.0 Å². The van der Waals surface area contributed by atoms with Gasteiger partial charge >= 0.3 is 5.97 Å². The van der Waals surface area contributed by atoms with Crippen molar-refractivity contribution in [1.82, 2.24) is 14.3 Å². The topological polar surface area (TPSA) is 75.3 Å². The minimum absolute atomic E-state index is 0.225. The molecule has 0 bridgehead atoms. The van der Waals surface area contributed by atoms with E-state index in [1.165, 1.54) is 0 Å². The van der Waals surface area contributed by atoms with Crippen LogP contribution in [0.1, 0.15) is 49.1 Å². The molecule has 0 N–H and O–H groups in total. The van der Waals surface area contributed by atoms with Crippen LogP contribution < -0.4 is 0 Å². The van der Waals surface area contributed by atoms with E-state index in [0.717, 1.165) is 22.6 Å². The van der Waals surface area contributed by atoms with Gasteiger partial charge in [0.15, 0.2) is 6.61 Å². The summed E-state index contributed by atoms with van der Waals surface area (Å²) in [4.78, 5) is 25.5. The molecule has 0 aliphatic carbocycles. The Morgan fingerprint density at radius 2 is 1.74 bits per heavy atom. The highest BCUT2D eigenvalue weighted by Gasteiger charge is 2.22.